The Bertz CT molecular complexity index is 880. The van der Waals surface area contributed by atoms with Gasteiger partial charge < -0.3 is 5.32 Å². The summed E-state index contributed by atoms with van der Waals surface area (Å²) in [5, 5.41) is 3.95. The maximum absolute atomic E-state index is 12.5. The largest absolute Gasteiger partial charge is 0.322 e. The van der Waals surface area contributed by atoms with E-state index in [-0.39, 0.29) is 5.91 Å². The van der Waals surface area contributed by atoms with Gasteiger partial charge in [0, 0.05) is 17.3 Å². The molecule has 1 saturated carbocycles. The predicted octanol–water partition coefficient (Wildman–Crippen LogP) is 5.53. The van der Waals surface area contributed by atoms with Crippen LogP contribution in [-0.4, -0.2) is 10.9 Å². The summed E-state index contributed by atoms with van der Waals surface area (Å²) in [6.07, 6.45) is 8.23. The first-order valence-corrected chi connectivity index (χ1v) is 9.06. The van der Waals surface area contributed by atoms with Crippen molar-refractivity contribution in [1.82, 2.24) is 4.98 Å². The van der Waals surface area contributed by atoms with Gasteiger partial charge in [0.05, 0.1) is 11.1 Å². The average Bonchev–Trinajstić information content (AvgIpc) is 2.69. The number of nitrogens with one attached hydrogen (secondary N) is 1. The molecule has 0 bridgehead atoms. The molecule has 1 fully saturated rings. The first kappa shape index (κ1) is 15.8. The van der Waals surface area contributed by atoms with E-state index in [2.05, 4.69) is 22.4 Å². The number of nitrogens with zero attached hydrogens (tertiary/aromatic N) is 1. The van der Waals surface area contributed by atoms with Crippen molar-refractivity contribution in [3.05, 3.63) is 71.9 Å². The molecule has 1 amide bonds. The van der Waals surface area contributed by atoms with Gasteiger partial charge in [0.25, 0.3) is 5.91 Å². The first-order chi connectivity index (χ1) is 12.3. The van der Waals surface area contributed by atoms with Crippen LogP contribution in [0.2, 0.25) is 0 Å². The van der Waals surface area contributed by atoms with Gasteiger partial charge in [-0.2, -0.15) is 0 Å². The highest BCUT2D eigenvalue weighted by atomic mass is 16.1. The molecule has 25 heavy (non-hydrogen) atoms. The second kappa shape index (κ2) is 7.06. The fraction of sp³-hybridized carbons (Fsp3) is 0.273. The highest BCUT2D eigenvalue weighted by Gasteiger charge is 2.15. The number of carbonyl (C=O) groups excluding carboxylic acids is 1. The number of fused-ring (bicyclic) bond motifs is 1. The van der Waals surface area contributed by atoms with Crippen LogP contribution in [0.25, 0.3) is 10.9 Å². The molecule has 0 spiro atoms. The van der Waals surface area contributed by atoms with Gasteiger partial charge in [-0.15, -0.1) is 0 Å². The molecule has 3 nitrogen and oxygen atoms in total. The standard InChI is InChI=1S/C22H22N2O/c25-22(19-14-18-8-4-5-9-21(18)23-15-19)24-20-12-10-17(11-13-20)16-6-2-1-3-7-16/h4-5,8-16H,1-3,6-7H2,(H,24,25). The van der Waals surface area contributed by atoms with Crippen LogP contribution in [0.5, 0.6) is 0 Å². The number of para-hydroxylation sites is 1. The summed E-state index contributed by atoms with van der Waals surface area (Å²) in [5.41, 5.74) is 3.70. The summed E-state index contributed by atoms with van der Waals surface area (Å²) >= 11 is 0. The number of carbonyl (C=O) groups is 1. The van der Waals surface area contributed by atoms with Crippen molar-refractivity contribution < 1.29 is 4.79 Å². The van der Waals surface area contributed by atoms with Crippen molar-refractivity contribution in [2.45, 2.75) is 38.0 Å². The molecule has 3 aromatic rings. The maximum Gasteiger partial charge on any atom is 0.257 e. The van der Waals surface area contributed by atoms with Crippen LogP contribution in [0.4, 0.5) is 5.69 Å². The smallest absolute Gasteiger partial charge is 0.257 e. The molecule has 1 aliphatic carbocycles. The number of hydrogen-bond donors (Lipinski definition) is 1. The van der Waals surface area contributed by atoms with E-state index < -0.39 is 0 Å². The van der Waals surface area contributed by atoms with E-state index >= 15 is 0 Å². The first-order valence-electron chi connectivity index (χ1n) is 9.06. The van der Waals surface area contributed by atoms with Crippen LogP contribution in [-0.2, 0) is 0 Å². The fourth-order valence-electron chi connectivity index (χ4n) is 3.67. The van der Waals surface area contributed by atoms with E-state index in [0.29, 0.717) is 11.5 Å². The molecule has 0 atom stereocenters. The highest BCUT2D eigenvalue weighted by Crippen LogP contribution is 2.33. The third-order valence-corrected chi connectivity index (χ3v) is 5.10. The minimum atomic E-state index is -0.122. The lowest BCUT2D eigenvalue weighted by atomic mass is 9.84. The van der Waals surface area contributed by atoms with Gasteiger partial charge in [-0.05, 0) is 48.6 Å². The molecule has 3 heteroatoms. The van der Waals surface area contributed by atoms with Crippen LogP contribution in [0.15, 0.2) is 60.8 Å². The Labute approximate surface area is 148 Å². The van der Waals surface area contributed by atoms with Crippen LogP contribution in [0, 0.1) is 0 Å². The van der Waals surface area contributed by atoms with Gasteiger partial charge in [-0.3, -0.25) is 9.78 Å². The lowest BCUT2D eigenvalue weighted by molar-refractivity contribution is 0.102. The Kier molecular flexibility index (Phi) is 4.47. The number of pyridine rings is 1. The molecule has 4 rings (SSSR count). The zero-order valence-corrected chi connectivity index (χ0v) is 14.2. The molecule has 0 radical (unpaired) electrons. The molecule has 0 saturated heterocycles. The predicted molar refractivity (Wildman–Crippen MR) is 102 cm³/mol. The lowest BCUT2D eigenvalue weighted by Crippen LogP contribution is -2.12. The molecule has 0 aliphatic heterocycles. The molecule has 1 heterocycles. The van der Waals surface area contributed by atoms with Gasteiger partial charge >= 0.3 is 0 Å². The van der Waals surface area contributed by atoms with Gasteiger partial charge in [-0.25, -0.2) is 0 Å². The Balaban J connectivity index is 1.47. The topological polar surface area (TPSA) is 42.0 Å². The van der Waals surface area contributed by atoms with Crippen molar-refractivity contribution in [1.29, 1.82) is 0 Å². The number of anilines is 1. The van der Waals surface area contributed by atoms with E-state index in [1.54, 1.807) is 6.20 Å². The number of aromatic nitrogens is 1. The van der Waals surface area contributed by atoms with Crippen LogP contribution in [0.3, 0.4) is 0 Å². The minimum Gasteiger partial charge on any atom is -0.322 e. The summed E-state index contributed by atoms with van der Waals surface area (Å²) in [4.78, 5) is 16.9. The number of hydrogen-bond acceptors (Lipinski definition) is 2. The Morgan fingerprint density at radius 1 is 0.960 bits per heavy atom. The molecular weight excluding hydrogens is 308 g/mol. The molecule has 1 aliphatic rings. The summed E-state index contributed by atoms with van der Waals surface area (Å²) < 4.78 is 0. The quantitative estimate of drug-likeness (QED) is 0.685. The Morgan fingerprint density at radius 2 is 1.72 bits per heavy atom. The Hall–Kier alpha value is -2.68. The number of amides is 1. The second-order valence-corrected chi connectivity index (χ2v) is 6.83. The fourth-order valence-corrected chi connectivity index (χ4v) is 3.67. The SMILES string of the molecule is O=C(Nc1ccc(C2CCCCC2)cc1)c1cnc2ccccc2c1. The monoisotopic (exact) mass is 330 g/mol. The van der Waals surface area contributed by atoms with E-state index in [1.165, 1.54) is 37.7 Å². The number of benzene rings is 2. The van der Waals surface area contributed by atoms with Crippen LogP contribution in [0.1, 0.15) is 53.9 Å². The van der Waals surface area contributed by atoms with E-state index in [9.17, 15) is 4.79 Å². The van der Waals surface area contributed by atoms with Gasteiger partial charge in [0.1, 0.15) is 0 Å². The molecule has 0 unspecified atom stereocenters. The summed E-state index contributed by atoms with van der Waals surface area (Å²) in [5.74, 6) is 0.562. The maximum atomic E-state index is 12.5. The van der Waals surface area contributed by atoms with Crippen molar-refractivity contribution in [2.24, 2.45) is 0 Å². The zero-order valence-electron chi connectivity index (χ0n) is 14.2. The van der Waals surface area contributed by atoms with Gasteiger partial charge in [0.15, 0.2) is 0 Å². The summed E-state index contributed by atoms with van der Waals surface area (Å²) in [7, 11) is 0. The van der Waals surface area contributed by atoms with E-state index in [4.69, 9.17) is 0 Å². The summed E-state index contributed by atoms with van der Waals surface area (Å²) in [6, 6.07) is 18.0. The lowest BCUT2D eigenvalue weighted by Gasteiger charge is -2.22. The summed E-state index contributed by atoms with van der Waals surface area (Å²) in [6.45, 7) is 0. The van der Waals surface area contributed by atoms with Crippen molar-refractivity contribution in [3.8, 4) is 0 Å². The molecule has 1 N–H and O–H groups in total. The van der Waals surface area contributed by atoms with Crippen molar-refractivity contribution in [2.75, 3.05) is 5.32 Å². The zero-order chi connectivity index (χ0) is 17.1. The normalized spacial score (nSPS) is 15.2. The third-order valence-electron chi connectivity index (χ3n) is 5.10. The van der Waals surface area contributed by atoms with E-state index in [1.807, 2.05) is 42.5 Å². The van der Waals surface area contributed by atoms with Crippen LogP contribution >= 0.6 is 0 Å². The third kappa shape index (κ3) is 3.55. The molecule has 1 aromatic heterocycles. The minimum absolute atomic E-state index is 0.122. The van der Waals surface area contributed by atoms with Crippen LogP contribution < -0.4 is 5.32 Å². The second-order valence-electron chi connectivity index (χ2n) is 6.83. The average molecular weight is 330 g/mol. The van der Waals surface area contributed by atoms with Gasteiger partial charge in [0.2, 0.25) is 0 Å². The van der Waals surface area contributed by atoms with Gasteiger partial charge in [-0.1, -0.05) is 49.6 Å². The van der Waals surface area contributed by atoms with E-state index in [0.717, 1.165) is 16.6 Å². The number of rotatable bonds is 3. The molecular formula is C22H22N2O. The Morgan fingerprint density at radius 3 is 2.52 bits per heavy atom. The molecule has 2 aromatic carbocycles. The van der Waals surface area contributed by atoms with Crippen molar-refractivity contribution in [3.63, 3.8) is 0 Å². The highest BCUT2D eigenvalue weighted by molar-refractivity contribution is 6.05. The molecule has 126 valence electrons. The van der Waals surface area contributed by atoms with Crippen molar-refractivity contribution >= 4 is 22.5 Å².